The lowest BCUT2D eigenvalue weighted by Gasteiger charge is -2.17. The van der Waals surface area contributed by atoms with Gasteiger partial charge in [0.1, 0.15) is 6.10 Å². The van der Waals surface area contributed by atoms with E-state index in [9.17, 15) is 4.39 Å². The van der Waals surface area contributed by atoms with E-state index in [0.29, 0.717) is 6.61 Å². The van der Waals surface area contributed by atoms with Crippen LogP contribution in [0.2, 0.25) is 0 Å². The Morgan fingerprint density at radius 2 is 2.33 bits per heavy atom. The molecule has 4 heteroatoms. The normalized spacial score (nSPS) is 30.5. The first-order chi connectivity index (χ1) is 5.49. The van der Waals surface area contributed by atoms with Crippen LogP contribution in [0.15, 0.2) is 0 Å². The van der Waals surface area contributed by atoms with Gasteiger partial charge in [-0.15, -0.1) is 0 Å². The van der Waals surface area contributed by atoms with Gasteiger partial charge in [0.25, 0.3) is 0 Å². The van der Waals surface area contributed by atoms with Crippen LogP contribution >= 0.6 is 0 Å². The molecule has 72 valence electrons. The number of rotatable bonds is 3. The lowest BCUT2D eigenvalue weighted by molar-refractivity contribution is -0.152. The van der Waals surface area contributed by atoms with E-state index in [-0.39, 0.29) is 12.7 Å². The van der Waals surface area contributed by atoms with Crippen molar-refractivity contribution in [1.82, 2.24) is 0 Å². The topological polar surface area (TPSA) is 27.7 Å². The lowest BCUT2D eigenvalue weighted by atomic mass is 10.4. The molecule has 1 aliphatic heterocycles. The highest BCUT2D eigenvalue weighted by molar-refractivity contribution is 4.70. The van der Waals surface area contributed by atoms with Crippen molar-refractivity contribution >= 4 is 0 Å². The summed E-state index contributed by atoms with van der Waals surface area (Å²) in [6, 6.07) is 0. The molecular weight excluding hydrogens is 163 g/mol. The average Bonchev–Trinajstić information content (AvgIpc) is 2.26. The van der Waals surface area contributed by atoms with E-state index < -0.39 is 12.1 Å². The summed E-state index contributed by atoms with van der Waals surface area (Å²) >= 11 is 0. The van der Waals surface area contributed by atoms with E-state index in [1.54, 1.807) is 0 Å². The molecule has 1 fully saturated rings. The average molecular weight is 178 g/mol. The molecule has 12 heavy (non-hydrogen) atoms. The summed E-state index contributed by atoms with van der Waals surface area (Å²) in [6.07, 6.45) is -1.38. The van der Waals surface area contributed by atoms with Crippen LogP contribution in [0.4, 0.5) is 4.39 Å². The standard InChI is InChI=1S/C8H15FO3/c1-6(9)10-4-7-5-11-8(2,3)12-7/h6-7H,4-5H2,1-3H3. The van der Waals surface area contributed by atoms with Gasteiger partial charge in [0.05, 0.1) is 13.2 Å². The summed E-state index contributed by atoms with van der Waals surface area (Å²) in [5.41, 5.74) is 0. The molecule has 0 amide bonds. The van der Waals surface area contributed by atoms with Crippen molar-refractivity contribution in [1.29, 1.82) is 0 Å². The van der Waals surface area contributed by atoms with Crippen LogP contribution in [0.25, 0.3) is 0 Å². The van der Waals surface area contributed by atoms with Crippen molar-refractivity contribution < 1.29 is 18.6 Å². The second-order valence-electron chi connectivity index (χ2n) is 3.33. The summed E-state index contributed by atoms with van der Waals surface area (Å²) in [7, 11) is 0. The minimum Gasteiger partial charge on any atom is -0.348 e. The van der Waals surface area contributed by atoms with E-state index in [1.165, 1.54) is 6.92 Å². The second kappa shape index (κ2) is 3.68. The molecule has 0 aromatic carbocycles. The van der Waals surface area contributed by atoms with Gasteiger partial charge in [-0.2, -0.15) is 0 Å². The zero-order valence-electron chi connectivity index (χ0n) is 7.67. The Hall–Kier alpha value is -0.190. The molecule has 1 aliphatic rings. The van der Waals surface area contributed by atoms with E-state index in [1.807, 2.05) is 13.8 Å². The second-order valence-corrected chi connectivity index (χ2v) is 3.33. The van der Waals surface area contributed by atoms with Gasteiger partial charge in [0, 0.05) is 0 Å². The molecule has 0 N–H and O–H groups in total. The first-order valence-electron chi connectivity index (χ1n) is 4.07. The third-order valence-electron chi connectivity index (χ3n) is 1.58. The minimum atomic E-state index is -1.24. The number of hydrogen-bond donors (Lipinski definition) is 0. The van der Waals surface area contributed by atoms with E-state index in [4.69, 9.17) is 14.2 Å². The Morgan fingerprint density at radius 3 is 2.75 bits per heavy atom. The Labute approximate surface area is 71.8 Å². The first-order valence-corrected chi connectivity index (χ1v) is 4.07. The Bertz CT molecular complexity index is 147. The molecule has 0 bridgehead atoms. The Balaban J connectivity index is 2.20. The third-order valence-corrected chi connectivity index (χ3v) is 1.58. The van der Waals surface area contributed by atoms with Crippen molar-refractivity contribution in [2.75, 3.05) is 13.2 Å². The van der Waals surface area contributed by atoms with Gasteiger partial charge in [-0.25, -0.2) is 4.39 Å². The van der Waals surface area contributed by atoms with Gasteiger partial charge in [-0.05, 0) is 20.8 Å². The predicted octanol–water partition coefficient (Wildman–Crippen LogP) is 1.47. The van der Waals surface area contributed by atoms with Gasteiger partial charge in [0.2, 0.25) is 0 Å². The first kappa shape index (κ1) is 9.89. The maximum Gasteiger partial charge on any atom is 0.196 e. The molecule has 1 rings (SSSR count). The van der Waals surface area contributed by atoms with Crippen LogP contribution in [0.1, 0.15) is 20.8 Å². The molecule has 2 atom stereocenters. The van der Waals surface area contributed by atoms with Crippen molar-refractivity contribution in [3.05, 3.63) is 0 Å². The molecule has 0 spiro atoms. The molecular formula is C8H15FO3. The molecule has 1 saturated heterocycles. The summed E-state index contributed by atoms with van der Waals surface area (Å²) in [5.74, 6) is -0.548. The van der Waals surface area contributed by atoms with Gasteiger partial charge in [-0.1, -0.05) is 0 Å². The number of halogens is 1. The highest BCUT2D eigenvalue weighted by Gasteiger charge is 2.32. The van der Waals surface area contributed by atoms with E-state index in [0.717, 1.165) is 0 Å². The third kappa shape index (κ3) is 3.05. The largest absolute Gasteiger partial charge is 0.348 e. The zero-order chi connectivity index (χ0) is 9.19. The summed E-state index contributed by atoms with van der Waals surface area (Å²) in [4.78, 5) is 0. The molecule has 0 aliphatic carbocycles. The molecule has 0 radical (unpaired) electrons. The molecule has 3 nitrogen and oxygen atoms in total. The van der Waals surface area contributed by atoms with Crippen LogP contribution < -0.4 is 0 Å². The van der Waals surface area contributed by atoms with E-state index >= 15 is 0 Å². The van der Waals surface area contributed by atoms with Crippen LogP contribution in [0.3, 0.4) is 0 Å². The van der Waals surface area contributed by atoms with Gasteiger partial charge >= 0.3 is 0 Å². The van der Waals surface area contributed by atoms with Gasteiger partial charge < -0.3 is 14.2 Å². The maximum absolute atomic E-state index is 12.2. The number of ether oxygens (including phenoxy) is 3. The van der Waals surface area contributed by atoms with Gasteiger partial charge in [-0.3, -0.25) is 0 Å². The fourth-order valence-electron chi connectivity index (χ4n) is 1.09. The minimum absolute atomic E-state index is 0.141. The smallest absolute Gasteiger partial charge is 0.196 e. The van der Waals surface area contributed by atoms with Crippen molar-refractivity contribution in [2.45, 2.75) is 39.0 Å². The highest BCUT2D eigenvalue weighted by Crippen LogP contribution is 2.22. The van der Waals surface area contributed by atoms with Crippen molar-refractivity contribution in [3.63, 3.8) is 0 Å². The van der Waals surface area contributed by atoms with Crippen LogP contribution in [0, 0.1) is 0 Å². The highest BCUT2D eigenvalue weighted by atomic mass is 19.1. The monoisotopic (exact) mass is 178 g/mol. The summed E-state index contributed by atoms with van der Waals surface area (Å²) in [6.45, 7) is 5.72. The lowest BCUT2D eigenvalue weighted by Crippen LogP contribution is -2.24. The molecule has 0 aromatic rings. The van der Waals surface area contributed by atoms with Crippen molar-refractivity contribution in [2.24, 2.45) is 0 Å². The van der Waals surface area contributed by atoms with E-state index in [2.05, 4.69) is 0 Å². The molecule has 2 unspecified atom stereocenters. The fraction of sp³-hybridized carbons (Fsp3) is 1.00. The number of alkyl halides is 1. The Morgan fingerprint density at radius 1 is 1.67 bits per heavy atom. The quantitative estimate of drug-likeness (QED) is 0.655. The maximum atomic E-state index is 12.2. The SMILES string of the molecule is CC(F)OCC1COC(C)(C)O1. The van der Waals surface area contributed by atoms with Crippen LogP contribution in [0.5, 0.6) is 0 Å². The zero-order valence-corrected chi connectivity index (χ0v) is 7.67. The molecule has 1 heterocycles. The Kier molecular flexibility index (Phi) is 3.04. The summed E-state index contributed by atoms with van der Waals surface area (Å²) < 4.78 is 27.6. The molecule has 0 aromatic heterocycles. The van der Waals surface area contributed by atoms with Crippen LogP contribution in [-0.4, -0.2) is 31.5 Å². The predicted molar refractivity (Wildman–Crippen MR) is 41.4 cm³/mol. The van der Waals surface area contributed by atoms with Crippen LogP contribution in [-0.2, 0) is 14.2 Å². The van der Waals surface area contributed by atoms with Gasteiger partial charge in [0.15, 0.2) is 12.1 Å². The number of hydrogen-bond acceptors (Lipinski definition) is 3. The molecule has 0 saturated carbocycles. The summed E-state index contributed by atoms with van der Waals surface area (Å²) in [5, 5.41) is 0. The fourth-order valence-corrected chi connectivity index (χ4v) is 1.09. The van der Waals surface area contributed by atoms with Crippen molar-refractivity contribution in [3.8, 4) is 0 Å².